The summed E-state index contributed by atoms with van der Waals surface area (Å²) in [6, 6.07) is 17.3. The van der Waals surface area contributed by atoms with Gasteiger partial charge in [0.25, 0.3) is 0 Å². The minimum Gasteiger partial charge on any atom is -0.465 e. The molecule has 2 N–H and O–H groups in total. The minimum absolute atomic E-state index is 0.0369. The van der Waals surface area contributed by atoms with Crippen LogP contribution in [0, 0.1) is 0 Å². The maximum atomic E-state index is 11.3. The predicted octanol–water partition coefficient (Wildman–Crippen LogP) is 2.72. The largest absolute Gasteiger partial charge is 0.465 e. The zero-order valence-electron chi connectivity index (χ0n) is 10.9. The van der Waals surface area contributed by atoms with E-state index in [0.717, 1.165) is 17.5 Å². The summed E-state index contributed by atoms with van der Waals surface area (Å²) in [5.74, 6) is -0.320. The molecule has 3 heteroatoms. The van der Waals surface area contributed by atoms with E-state index in [1.54, 1.807) is 12.1 Å². The van der Waals surface area contributed by atoms with Crippen LogP contribution >= 0.6 is 0 Å². The molecule has 2 aromatic carbocycles. The fraction of sp³-hybridized carbons (Fsp3) is 0.188. The van der Waals surface area contributed by atoms with E-state index in [-0.39, 0.29) is 12.0 Å². The van der Waals surface area contributed by atoms with Gasteiger partial charge < -0.3 is 10.5 Å². The van der Waals surface area contributed by atoms with Crippen LogP contribution in [0.3, 0.4) is 0 Å². The summed E-state index contributed by atoms with van der Waals surface area (Å²) in [5.41, 5.74) is 8.93. The molecule has 0 amide bonds. The summed E-state index contributed by atoms with van der Waals surface area (Å²) >= 11 is 0. The van der Waals surface area contributed by atoms with E-state index in [4.69, 9.17) is 5.73 Å². The van der Waals surface area contributed by atoms with Crippen LogP contribution in [0.15, 0.2) is 54.6 Å². The maximum absolute atomic E-state index is 11.3. The van der Waals surface area contributed by atoms with Crippen molar-refractivity contribution < 1.29 is 9.53 Å². The van der Waals surface area contributed by atoms with Crippen molar-refractivity contribution in [2.24, 2.45) is 5.73 Å². The van der Waals surface area contributed by atoms with Gasteiger partial charge in [-0.2, -0.15) is 0 Å². The Bertz CT molecular complexity index is 534. The Kier molecular flexibility index (Phi) is 4.31. The lowest BCUT2D eigenvalue weighted by atomic mass is 9.99. The van der Waals surface area contributed by atoms with E-state index < -0.39 is 0 Å². The molecule has 0 spiro atoms. The molecule has 0 heterocycles. The van der Waals surface area contributed by atoms with Gasteiger partial charge in [-0.15, -0.1) is 0 Å². The highest BCUT2D eigenvalue weighted by atomic mass is 16.5. The van der Waals surface area contributed by atoms with Crippen LogP contribution in [0.4, 0.5) is 0 Å². The minimum atomic E-state index is -0.320. The third-order valence-corrected chi connectivity index (χ3v) is 3.06. The Morgan fingerprint density at radius 1 is 1.11 bits per heavy atom. The highest BCUT2D eigenvalue weighted by Crippen LogP contribution is 2.16. The van der Waals surface area contributed by atoms with Gasteiger partial charge in [-0.25, -0.2) is 4.79 Å². The van der Waals surface area contributed by atoms with Crippen molar-refractivity contribution >= 4 is 5.97 Å². The van der Waals surface area contributed by atoms with Crippen molar-refractivity contribution in [3.8, 4) is 0 Å². The third kappa shape index (κ3) is 3.42. The van der Waals surface area contributed by atoms with Gasteiger partial charge in [0.1, 0.15) is 0 Å². The van der Waals surface area contributed by atoms with Gasteiger partial charge in [0.15, 0.2) is 0 Å². The van der Waals surface area contributed by atoms with Crippen molar-refractivity contribution in [3.05, 3.63) is 71.3 Å². The van der Waals surface area contributed by atoms with Gasteiger partial charge in [-0.3, -0.25) is 0 Å². The van der Waals surface area contributed by atoms with Crippen molar-refractivity contribution in [1.29, 1.82) is 0 Å². The number of carbonyl (C=O) groups excluding carboxylic acids is 1. The molecule has 2 aromatic rings. The van der Waals surface area contributed by atoms with Crippen molar-refractivity contribution in [2.45, 2.75) is 12.5 Å². The lowest BCUT2D eigenvalue weighted by Gasteiger charge is -2.12. The van der Waals surface area contributed by atoms with E-state index in [1.807, 2.05) is 42.5 Å². The number of hydrogen-bond acceptors (Lipinski definition) is 3. The molecular formula is C16H17NO2. The van der Waals surface area contributed by atoms with Gasteiger partial charge >= 0.3 is 5.97 Å². The SMILES string of the molecule is COC(=O)c1ccc(C[C@H](N)c2ccccc2)cc1. The number of benzene rings is 2. The second-order valence-electron chi connectivity index (χ2n) is 4.41. The van der Waals surface area contributed by atoms with Crippen molar-refractivity contribution in [1.82, 2.24) is 0 Å². The first-order valence-electron chi connectivity index (χ1n) is 6.18. The molecule has 3 nitrogen and oxygen atoms in total. The van der Waals surface area contributed by atoms with Crippen LogP contribution < -0.4 is 5.73 Å². The van der Waals surface area contributed by atoms with E-state index in [0.29, 0.717) is 5.56 Å². The Labute approximate surface area is 113 Å². The topological polar surface area (TPSA) is 52.3 Å². The van der Waals surface area contributed by atoms with E-state index in [9.17, 15) is 4.79 Å². The fourth-order valence-electron chi connectivity index (χ4n) is 1.97. The molecule has 0 radical (unpaired) electrons. The van der Waals surface area contributed by atoms with Crippen LogP contribution in [-0.4, -0.2) is 13.1 Å². The first kappa shape index (κ1) is 13.3. The summed E-state index contributed by atoms with van der Waals surface area (Å²) in [7, 11) is 1.38. The monoisotopic (exact) mass is 255 g/mol. The number of hydrogen-bond donors (Lipinski definition) is 1. The van der Waals surface area contributed by atoms with Crippen LogP contribution in [-0.2, 0) is 11.2 Å². The molecule has 0 fully saturated rings. The Hall–Kier alpha value is -2.13. The average molecular weight is 255 g/mol. The van der Waals surface area contributed by atoms with Crippen molar-refractivity contribution in [3.63, 3.8) is 0 Å². The summed E-state index contributed by atoms with van der Waals surface area (Å²) in [4.78, 5) is 11.3. The van der Waals surface area contributed by atoms with E-state index in [1.165, 1.54) is 7.11 Å². The van der Waals surface area contributed by atoms with Crippen LogP contribution in [0.25, 0.3) is 0 Å². The summed E-state index contributed by atoms with van der Waals surface area (Å²) in [6.07, 6.45) is 0.742. The van der Waals surface area contributed by atoms with Crippen LogP contribution in [0.5, 0.6) is 0 Å². The van der Waals surface area contributed by atoms with E-state index in [2.05, 4.69) is 4.74 Å². The molecule has 1 atom stereocenters. The zero-order chi connectivity index (χ0) is 13.7. The molecule has 0 aromatic heterocycles. The standard InChI is InChI=1S/C16H17NO2/c1-19-16(18)14-9-7-12(8-10-14)11-15(17)13-5-3-2-4-6-13/h2-10,15H,11,17H2,1H3/t15-/m0/s1. The molecule has 0 saturated heterocycles. The predicted molar refractivity (Wildman–Crippen MR) is 74.9 cm³/mol. The van der Waals surface area contributed by atoms with Gasteiger partial charge in [0, 0.05) is 6.04 Å². The number of esters is 1. The Morgan fingerprint density at radius 3 is 2.32 bits per heavy atom. The normalized spacial score (nSPS) is 11.9. The first-order valence-corrected chi connectivity index (χ1v) is 6.18. The van der Waals surface area contributed by atoms with Crippen molar-refractivity contribution in [2.75, 3.05) is 7.11 Å². The highest BCUT2D eigenvalue weighted by molar-refractivity contribution is 5.89. The molecule has 0 aliphatic heterocycles. The lowest BCUT2D eigenvalue weighted by Crippen LogP contribution is -2.13. The molecular weight excluding hydrogens is 238 g/mol. The molecule has 19 heavy (non-hydrogen) atoms. The number of nitrogens with two attached hydrogens (primary N) is 1. The Morgan fingerprint density at radius 2 is 1.74 bits per heavy atom. The second kappa shape index (κ2) is 6.16. The number of carbonyl (C=O) groups is 1. The Balaban J connectivity index is 2.06. The maximum Gasteiger partial charge on any atom is 0.337 e. The summed E-state index contributed by atoms with van der Waals surface area (Å²) in [5, 5.41) is 0. The average Bonchev–Trinajstić information content (AvgIpc) is 2.48. The first-order chi connectivity index (χ1) is 9.20. The van der Waals surface area contributed by atoms with Gasteiger partial charge in [-0.1, -0.05) is 42.5 Å². The highest BCUT2D eigenvalue weighted by Gasteiger charge is 2.08. The van der Waals surface area contributed by atoms with Gasteiger partial charge in [0.2, 0.25) is 0 Å². The van der Waals surface area contributed by atoms with Gasteiger partial charge in [0.05, 0.1) is 12.7 Å². The molecule has 0 aliphatic carbocycles. The van der Waals surface area contributed by atoms with Gasteiger partial charge in [-0.05, 0) is 29.7 Å². The molecule has 2 rings (SSSR count). The number of ether oxygens (including phenoxy) is 1. The lowest BCUT2D eigenvalue weighted by molar-refractivity contribution is 0.0600. The molecule has 0 bridgehead atoms. The van der Waals surface area contributed by atoms with Crippen LogP contribution in [0.2, 0.25) is 0 Å². The molecule has 0 aliphatic rings. The molecule has 0 saturated carbocycles. The second-order valence-corrected chi connectivity index (χ2v) is 4.41. The smallest absolute Gasteiger partial charge is 0.337 e. The molecule has 98 valence electrons. The molecule has 0 unspecified atom stereocenters. The third-order valence-electron chi connectivity index (χ3n) is 3.06. The fourth-order valence-corrected chi connectivity index (χ4v) is 1.97. The number of rotatable bonds is 4. The van der Waals surface area contributed by atoms with Crippen LogP contribution in [0.1, 0.15) is 27.5 Å². The quantitative estimate of drug-likeness (QED) is 0.855. The summed E-state index contributed by atoms with van der Waals surface area (Å²) < 4.78 is 4.66. The number of methoxy groups -OCH3 is 1. The summed E-state index contributed by atoms with van der Waals surface area (Å²) in [6.45, 7) is 0. The van der Waals surface area contributed by atoms with E-state index >= 15 is 0 Å². The zero-order valence-corrected chi connectivity index (χ0v) is 10.9.